The average Bonchev–Trinajstić information content (AvgIpc) is 2.83. The maximum absolute atomic E-state index is 13.2. The van der Waals surface area contributed by atoms with Crippen LogP contribution in [0.25, 0.3) is 0 Å². The number of benzene rings is 1. The van der Waals surface area contributed by atoms with Crippen LogP contribution < -0.4 is 5.32 Å². The van der Waals surface area contributed by atoms with Crippen molar-refractivity contribution >= 4 is 0 Å². The van der Waals surface area contributed by atoms with Crippen molar-refractivity contribution in [3.05, 3.63) is 35.1 Å². The molecule has 3 heteroatoms. The summed E-state index contributed by atoms with van der Waals surface area (Å²) >= 11 is 0. The van der Waals surface area contributed by atoms with Crippen LogP contribution in [0.2, 0.25) is 0 Å². The monoisotopic (exact) mass is 250 g/mol. The highest BCUT2D eigenvalue weighted by molar-refractivity contribution is 5.26. The Kier molecular flexibility index (Phi) is 4.72. The number of rotatable bonds is 5. The molecule has 1 unspecified atom stereocenters. The van der Waals surface area contributed by atoms with Gasteiger partial charge in [0.15, 0.2) is 0 Å². The summed E-state index contributed by atoms with van der Waals surface area (Å²) in [6, 6.07) is 5.44. The van der Waals surface area contributed by atoms with Crippen molar-refractivity contribution < 1.29 is 4.39 Å². The molecule has 1 N–H and O–H groups in total. The Hall–Kier alpha value is -0.930. The maximum Gasteiger partial charge on any atom is 0.123 e. The van der Waals surface area contributed by atoms with Gasteiger partial charge in [0.05, 0.1) is 0 Å². The fraction of sp³-hybridized carbons (Fsp3) is 0.600. The normalized spacial score (nSPS) is 18.2. The maximum atomic E-state index is 13.2. The summed E-state index contributed by atoms with van der Waals surface area (Å²) in [6.45, 7) is 8.53. The van der Waals surface area contributed by atoms with Crippen molar-refractivity contribution in [3.8, 4) is 0 Å². The third kappa shape index (κ3) is 3.79. The van der Waals surface area contributed by atoms with Gasteiger partial charge in [-0.3, -0.25) is 0 Å². The molecule has 1 aliphatic heterocycles. The lowest BCUT2D eigenvalue weighted by atomic mass is 10.1. The fourth-order valence-electron chi connectivity index (χ4n) is 2.53. The van der Waals surface area contributed by atoms with Gasteiger partial charge in [0.1, 0.15) is 5.82 Å². The Labute approximate surface area is 109 Å². The van der Waals surface area contributed by atoms with Crippen molar-refractivity contribution in [1.29, 1.82) is 0 Å². The van der Waals surface area contributed by atoms with E-state index in [0.717, 1.165) is 24.2 Å². The molecule has 100 valence electrons. The summed E-state index contributed by atoms with van der Waals surface area (Å²) in [6.07, 6.45) is 2.66. The van der Waals surface area contributed by atoms with Gasteiger partial charge in [0, 0.05) is 19.1 Å². The highest BCUT2D eigenvalue weighted by Gasteiger charge is 2.14. The summed E-state index contributed by atoms with van der Waals surface area (Å²) in [5.74, 6) is -0.149. The SMILES string of the molecule is Cc1ccc(F)cc1CNC(C)CN1CCCC1. The van der Waals surface area contributed by atoms with Crippen LogP contribution in [0.5, 0.6) is 0 Å². The minimum absolute atomic E-state index is 0.149. The Morgan fingerprint density at radius 2 is 2.06 bits per heavy atom. The second-order valence-corrected chi connectivity index (χ2v) is 5.36. The van der Waals surface area contributed by atoms with Gasteiger partial charge in [-0.1, -0.05) is 6.07 Å². The van der Waals surface area contributed by atoms with Crippen LogP contribution in [-0.2, 0) is 6.54 Å². The molecule has 0 aliphatic carbocycles. The lowest BCUT2D eigenvalue weighted by Gasteiger charge is -2.21. The minimum atomic E-state index is -0.149. The third-order valence-electron chi connectivity index (χ3n) is 3.68. The van der Waals surface area contributed by atoms with E-state index >= 15 is 0 Å². The molecule has 1 aliphatic rings. The molecule has 0 saturated carbocycles. The second kappa shape index (κ2) is 6.30. The van der Waals surface area contributed by atoms with Gasteiger partial charge in [-0.15, -0.1) is 0 Å². The second-order valence-electron chi connectivity index (χ2n) is 5.36. The molecule has 0 bridgehead atoms. The van der Waals surface area contributed by atoms with Crippen LogP contribution in [0.3, 0.4) is 0 Å². The van der Waals surface area contributed by atoms with Crippen molar-refractivity contribution in [2.45, 2.75) is 39.3 Å². The van der Waals surface area contributed by atoms with Crippen LogP contribution in [-0.4, -0.2) is 30.6 Å². The summed E-state index contributed by atoms with van der Waals surface area (Å²) in [5, 5.41) is 3.49. The molecule has 1 fully saturated rings. The van der Waals surface area contributed by atoms with Crippen molar-refractivity contribution in [1.82, 2.24) is 10.2 Å². The van der Waals surface area contributed by atoms with E-state index < -0.39 is 0 Å². The van der Waals surface area contributed by atoms with Crippen LogP contribution in [0.4, 0.5) is 4.39 Å². The number of nitrogens with zero attached hydrogens (tertiary/aromatic N) is 1. The van der Waals surface area contributed by atoms with E-state index in [9.17, 15) is 4.39 Å². The fourth-order valence-corrected chi connectivity index (χ4v) is 2.53. The molecular formula is C15H23FN2. The molecule has 0 spiro atoms. The molecule has 1 aromatic carbocycles. The Bertz CT molecular complexity index is 386. The molecule has 1 aromatic rings. The number of halogens is 1. The molecule has 1 atom stereocenters. The molecule has 2 rings (SSSR count). The molecule has 1 saturated heterocycles. The predicted octanol–water partition coefficient (Wildman–Crippen LogP) is 2.71. The molecular weight excluding hydrogens is 227 g/mol. The van der Waals surface area contributed by atoms with E-state index in [2.05, 4.69) is 17.1 Å². The quantitative estimate of drug-likeness (QED) is 0.864. The van der Waals surface area contributed by atoms with Gasteiger partial charge in [-0.2, -0.15) is 0 Å². The topological polar surface area (TPSA) is 15.3 Å². The summed E-state index contributed by atoms with van der Waals surface area (Å²) in [4.78, 5) is 2.50. The molecule has 18 heavy (non-hydrogen) atoms. The highest BCUT2D eigenvalue weighted by atomic mass is 19.1. The van der Waals surface area contributed by atoms with Gasteiger partial charge in [0.2, 0.25) is 0 Å². The van der Waals surface area contributed by atoms with Crippen LogP contribution in [0.1, 0.15) is 30.9 Å². The third-order valence-corrected chi connectivity index (χ3v) is 3.68. The zero-order chi connectivity index (χ0) is 13.0. The Morgan fingerprint density at radius 1 is 1.33 bits per heavy atom. The van der Waals surface area contributed by atoms with Crippen LogP contribution in [0, 0.1) is 12.7 Å². The molecule has 2 nitrogen and oxygen atoms in total. The lowest BCUT2D eigenvalue weighted by Crippen LogP contribution is -2.37. The zero-order valence-electron chi connectivity index (χ0n) is 11.4. The number of hydrogen-bond acceptors (Lipinski definition) is 2. The van der Waals surface area contributed by atoms with E-state index in [1.807, 2.05) is 13.0 Å². The number of aryl methyl sites for hydroxylation is 1. The first kappa shape index (κ1) is 13.5. The standard InChI is InChI=1S/C15H23FN2/c1-12-5-6-15(16)9-14(12)10-17-13(2)11-18-7-3-4-8-18/h5-6,9,13,17H,3-4,7-8,10-11H2,1-2H3. The Morgan fingerprint density at radius 3 is 2.78 bits per heavy atom. The smallest absolute Gasteiger partial charge is 0.123 e. The van der Waals surface area contributed by atoms with E-state index in [1.165, 1.54) is 32.0 Å². The van der Waals surface area contributed by atoms with Gasteiger partial charge in [-0.05, 0) is 63.0 Å². The molecule has 1 heterocycles. The van der Waals surface area contributed by atoms with Gasteiger partial charge < -0.3 is 10.2 Å². The van der Waals surface area contributed by atoms with Crippen molar-refractivity contribution in [2.24, 2.45) is 0 Å². The van der Waals surface area contributed by atoms with Crippen LogP contribution >= 0.6 is 0 Å². The molecule has 0 aromatic heterocycles. The van der Waals surface area contributed by atoms with Crippen LogP contribution in [0.15, 0.2) is 18.2 Å². The van der Waals surface area contributed by atoms with Crippen molar-refractivity contribution in [2.75, 3.05) is 19.6 Å². The highest BCUT2D eigenvalue weighted by Crippen LogP contribution is 2.11. The average molecular weight is 250 g/mol. The van der Waals surface area contributed by atoms with E-state index in [1.54, 1.807) is 6.07 Å². The number of hydrogen-bond donors (Lipinski definition) is 1. The lowest BCUT2D eigenvalue weighted by molar-refractivity contribution is 0.298. The van der Waals surface area contributed by atoms with E-state index in [-0.39, 0.29) is 5.82 Å². The van der Waals surface area contributed by atoms with E-state index in [0.29, 0.717) is 6.04 Å². The largest absolute Gasteiger partial charge is 0.309 e. The molecule has 0 amide bonds. The number of nitrogens with one attached hydrogen (secondary N) is 1. The summed E-state index contributed by atoms with van der Waals surface area (Å²) in [7, 11) is 0. The van der Waals surface area contributed by atoms with E-state index in [4.69, 9.17) is 0 Å². The first-order valence-corrected chi connectivity index (χ1v) is 6.86. The van der Waals surface area contributed by atoms with Gasteiger partial charge >= 0.3 is 0 Å². The minimum Gasteiger partial charge on any atom is -0.309 e. The number of likely N-dealkylation sites (tertiary alicyclic amines) is 1. The summed E-state index contributed by atoms with van der Waals surface area (Å²) < 4.78 is 13.2. The predicted molar refractivity (Wildman–Crippen MR) is 73.1 cm³/mol. The first-order valence-electron chi connectivity index (χ1n) is 6.86. The van der Waals surface area contributed by atoms with Gasteiger partial charge in [-0.25, -0.2) is 4.39 Å². The van der Waals surface area contributed by atoms with Crippen molar-refractivity contribution in [3.63, 3.8) is 0 Å². The zero-order valence-corrected chi connectivity index (χ0v) is 11.4. The molecule has 0 radical (unpaired) electrons. The summed E-state index contributed by atoms with van der Waals surface area (Å²) in [5.41, 5.74) is 2.21. The first-order chi connectivity index (χ1) is 8.65. The Balaban J connectivity index is 1.81. The van der Waals surface area contributed by atoms with Gasteiger partial charge in [0.25, 0.3) is 0 Å².